The normalized spacial score (nSPS) is 19.6. The van der Waals surface area contributed by atoms with Crippen LogP contribution in [0.25, 0.3) is 10.9 Å². The molecular formula is C13H15N3O. The van der Waals surface area contributed by atoms with E-state index in [9.17, 15) is 4.79 Å². The summed E-state index contributed by atoms with van der Waals surface area (Å²) in [5.74, 6) is 0.0156. The van der Waals surface area contributed by atoms with Crippen LogP contribution >= 0.6 is 0 Å². The van der Waals surface area contributed by atoms with E-state index < -0.39 is 0 Å². The minimum atomic E-state index is 0.0156. The quantitative estimate of drug-likeness (QED) is 0.726. The third-order valence-electron chi connectivity index (χ3n) is 3.21. The van der Waals surface area contributed by atoms with Crippen molar-refractivity contribution < 1.29 is 4.79 Å². The molecular weight excluding hydrogens is 214 g/mol. The zero-order chi connectivity index (χ0) is 11.7. The molecule has 0 aliphatic carbocycles. The molecule has 3 N–H and O–H groups in total. The van der Waals surface area contributed by atoms with Gasteiger partial charge in [0.1, 0.15) is 0 Å². The molecule has 1 fully saturated rings. The van der Waals surface area contributed by atoms with Crippen molar-refractivity contribution in [1.29, 1.82) is 0 Å². The third kappa shape index (κ3) is 2.03. The lowest BCUT2D eigenvalue weighted by molar-refractivity contribution is 0.0940. The lowest BCUT2D eigenvalue weighted by atomic mass is 10.1. The number of benzene rings is 1. The molecule has 1 aromatic carbocycles. The van der Waals surface area contributed by atoms with E-state index >= 15 is 0 Å². The second kappa shape index (κ2) is 4.22. The van der Waals surface area contributed by atoms with Crippen molar-refractivity contribution in [3.05, 3.63) is 36.0 Å². The Hall–Kier alpha value is -1.81. The van der Waals surface area contributed by atoms with Crippen molar-refractivity contribution in [2.24, 2.45) is 0 Å². The average molecular weight is 229 g/mol. The molecule has 2 heterocycles. The molecule has 1 saturated heterocycles. The highest BCUT2D eigenvalue weighted by molar-refractivity contribution is 5.98. The van der Waals surface area contributed by atoms with Gasteiger partial charge in [-0.2, -0.15) is 0 Å². The number of carbonyl (C=O) groups excluding carboxylic acids is 1. The van der Waals surface area contributed by atoms with Crippen LogP contribution in [0.15, 0.2) is 30.5 Å². The Kier molecular flexibility index (Phi) is 2.57. The van der Waals surface area contributed by atoms with Crippen LogP contribution in [-0.2, 0) is 0 Å². The molecule has 1 atom stereocenters. The Morgan fingerprint density at radius 3 is 3.12 bits per heavy atom. The molecule has 0 spiro atoms. The van der Waals surface area contributed by atoms with Crippen molar-refractivity contribution in [2.75, 3.05) is 13.1 Å². The van der Waals surface area contributed by atoms with E-state index in [0.717, 1.165) is 36.0 Å². The predicted molar refractivity (Wildman–Crippen MR) is 67.0 cm³/mol. The first-order valence-electron chi connectivity index (χ1n) is 5.92. The Morgan fingerprint density at radius 1 is 1.35 bits per heavy atom. The minimum absolute atomic E-state index is 0.0156. The fourth-order valence-electron chi connectivity index (χ4n) is 2.24. The molecule has 2 aromatic rings. The Labute approximate surface area is 99.4 Å². The molecule has 0 saturated carbocycles. The number of amides is 1. The summed E-state index contributed by atoms with van der Waals surface area (Å²) in [4.78, 5) is 15.1. The van der Waals surface area contributed by atoms with Gasteiger partial charge in [-0.05, 0) is 37.2 Å². The molecule has 4 nitrogen and oxygen atoms in total. The van der Waals surface area contributed by atoms with Crippen LogP contribution in [0.4, 0.5) is 0 Å². The summed E-state index contributed by atoms with van der Waals surface area (Å²) >= 11 is 0. The lowest BCUT2D eigenvalue weighted by Gasteiger charge is -2.11. The summed E-state index contributed by atoms with van der Waals surface area (Å²) in [6.45, 7) is 1.86. The van der Waals surface area contributed by atoms with E-state index in [2.05, 4.69) is 15.6 Å². The first-order chi connectivity index (χ1) is 8.33. The largest absolute Gasteiger partial charge is 0.361 e. The van der Waals surface area contributed by atoms with E-state index in [-0.39, 0.29) is 11.9 Å². The number of rotatable bonds is 2. The number of aromatic amines is 1. The van der Waals surface area contributed by atoms with Gasteiger partial charge in [0.2, 0.25) is 0 Å². The van der Waals surface area contributed by atoms with Crippen LogP contribution in [0.1, 0.15) is 16.8 Å². The monoisotopic (exact) mass is 229 g/mol. The topological polar surface area (TPSA) is 56.9 Å². The number of hydrogen-bond acceptors (Lipinski definition) is 2. The summed E-state index contributed by atoms with van der Waals surface area (Å²) in [6, 6.07) is 7.96. The summed E-state index contributed by atoms with van der Waals surface area (Å²) in [5.41, 5.74) is 1.79. The van der Waals surface area contributed by atoms with E-state index in [4.69, 9.17) is 0 Å². The van der Waals surface area contributed by atoms with Gasteiger partial charge >= 0.3 is 0 Å². The van der Waals surface area contributed by atoms with E-state index in [1.807, 2.05) is 30.5 Å². The maximum absolute atomic E-state index is 12.0. The van der Waals surface area contributed by atoms with Gasteiger partial charge in [0.15, 0.2) is 0 Å². The molecule has 1 amide bonds. The summed E-state index contributed by atoms with van der Waals surface area (Å²) in [7, 11) is 0. The maximum Gasteiger partial charge on any atom is 0.251 e. The molecule has 1 aliphatic heterocycles. The lowest BCUT2D eigenvalue weighted by Crippen LogP contribution is -2.36. The van der Waals surface area contributed by atoms with Crippen LogP contribution in [0.2, 0.25) is 0 Å². The van der Waals surface area contributed by atoms with Gasteiger partial charge in [0.25, 0.3) is 5.91 Å². The molecule has 0 bridgehead atoms. The zero-order valence-electron chi connectivity index (χ0n) is 9.49. The molecule has 1 aliphatic rings. The molecule has 4 heteroatoms. The van der Waals surface area contributed by atoms with Crippen molar-refractivity contribution in [1.82, 2.24) is 15.6 Å². The fourth-order valence-corrected chi connectivity index (χ4v) is 2.24. The molecule has 0 radical (unpaired) electrons. The predicted octanol–water partition coefficient (Wildman–Crippen LogP) is 1.26. The van der Waals surface area contributed by atoms with Crippen molar-refractivity contribution >= 4 is 16.8 Å². The zero-order valence-corrected chi connectivity index (χ0v) is 9.49. The molecule has 1 aromatic heterocycles. The Morgan fingerprint density at radius 2 is 2.29 bits per heavy atom. The van der Waals surface area contributed by atoms with Gasteiger partial charge in [-0.15, -0.1) is 0 Å². The molecule has 17 heavy (non-hydrogen) atoms. The SMILES string of the molecule is O=C(N[C@@H]1CCNC1)c1ccc2[nH]ccc2c1. The fraction of sp³-hybridized carbons (Fsp3) is 0.308. The third-order valence-corrected chi connectivity index (χ3v) is 3.21. The second-order valence-corrected chi connectivity index (χ2v) is 4.44. The van der Waals surface area contributed by atoms with Gasteiger partial charge in [0, 0.05) is 35.2 Å². The molecule has 88 valence electrons. The first-order valence-corrected chi connectivity index (χ1v) is 5.92. The highest BCUT2D eigenvalue weighted by Crippen LogP contribution is 2.14. The van der Waals surface area contributed by atoms with Crippen LogP contribution < -0.4 is 10.6 Å². The molecule has 0 unspecified atom stereocenters. The van der Waals surface area contributed by atoms with E-state index in [1.165, 1.54) is 0 Å². The highest BCUT2D eigenvalue weighted by Gasteiger charge is 2.17. The Bertz CT molecular complexity index is 540. The smallest absolute Gasteiger partial charge is 0.251 e. The number of hydrogen-bond donors (Lipinski definition) is 3. The van der Waals surface area contributed by atoms with Gasteiger partial charge in [0.05, 0.1) is 0 Å². The highest BCUT2D eigenvalue weighted by atomic mass is 16.1. The van der Waals surface area contributed by atoms with E-state index in [1.54, 1.807) is 0 Å². The van der Waals surface area contributed by atoms with Gasteiger partial charge < -0.3 is 15.6 Å². The van der Waals surface area contributed by atoms with Gasteiger partial charge in [-0.25, -0.2) is 0 Å². The summed E-state index contributed by atoms with van der Waals surface area (Å²) in [6.07, 6.45) is 2.89. The standard InChI is InChI=1S/C13H15N3O/c17-13(16-11-4-5-14-8-11)10-1-2-12-9(7-10)3-6-15-12/h1-3,6-7,11,14-15H,4-5,8H2,(H,16,17)/t11-/m1/s1. The Balaban J connectivity index is 1.79. The second-order valence-electron chi connectivity index (χ2n) is 4.44. The van der Waals surface area contributed by atoms with Gasteiger partial charge in [-0.1, -0.05) is 0 Å². The van der Waals surface area contributed by atoms with E-state index in [0.29, 0.717) is 0 Å². The molecule has 3 rings (SSSR count). The number of H-pyrrole nitrogens is 1. The van der Waals surface area contributed by atoms with Crippen molar-refractivity contribution in [3.8, 4) is 0 Å². The van der Waals surface area contributed by atoms with Crippen LogP contribution in [0.5, 0.6) is 0 Å². The van der Waals surface area contributed by atoms with Crippen LogP contribution in [-0.4, -0.2) is 30.0 Å². The van der Waals surface area contributed by atoms with Crippen molar-refractivity contribution in [3.63, 3.8) is 0 Å². The number of nitrogens with one attached hydrogen (secondary N) is 3. The van der Waals surface area contributed by atoms with Crippen LogP contribution in [0.3, 0.4) is 0 Å². The average Bonchev–Trinajstić information content (AvgIpc) is 2.97. The number of aromatic nitrogens is 1. The maximum atomic E-state index is 12.0. The minimum Gasteiger partial charge on any atom is -0.361 e. The summed E-state index contributed by atoms with van der Waals surface area (Å²) < 4.78 is 0. The summed E-state index contributed by atoms with van der Waals surface area (Å²) in [5, 5.41) is 7.35. The van der Waals surface area contributed by atoms with Crippen molar-refractivity contribution in [2.45, 2.75) is 12.5 Å². The number of fused-ring (bicyclic) bond motifs is 1. The number of carbonyl (C=O) groups is 1. The van der Waals surface area contributed by atoms with Gasteiger partial charge in [-0.3, -0.25) is 4.79 Å². The van der Waals surface area contributed by atoms with Crippen LogP contribution in [0, 0.1) is 0 Å². The first kappa shape index (κ1) is 10.4.